The Labute approximate surface area is 119 Å². The molecule has 1 aromatic rings. The summed E-state index contributed by atoms with van der Waals surface area (Å²) in [7, 11) is 0. The molecule has 2 heterocycles. The van der Waals surface area contributed by atoms with E-state index in [9.17, 15) is 4.79 Å². The van der Waals surface area contributed by atoms with Crippen LogP contribution >= 0.6 is 0 Å². The quantitative estimate of drug-likeness (QED) is 0.837. The van der Waals surface area contributed by atoms with E-state index in [1.54, 1.807) is 0 Å². The van der Waals surface area contributed by atoms with Crippen molar-refractivity contribution < 1.29 is 4.79 Å². The largest absolute Gasteiger partial charge is 0.351 e. The zero-order valence-electron chi connectivity index (χ0n) is 12.0. The first-order valence-corrected chi connectivity index (χ1v) is 7.58. The molecule has 1 aromatic heterocycles. The number of nitrogens with one attached hydrogen (secondary N) is 1. The van der Waals surface area contributed by atoms with Crippen molar-refractivity contribution in [1.82, 2.24) is 20.1 Å². The van der Waals surface area contributed by atoms with Gasteiger partial charge in [0.2, 0.25) is 5.91 Å². The first kappa shape index (κ1) is 13.5. The summed E-state index contributed by atoms with van der Waals surface area (Å²) in [5.74, 6) is 2.50. The topological polar surface area (TPSA) is 85.8 Å². The highest BCUT2D eigenvalue weighted by molar-refractivity contribution is 5.79. The van der Waals surface area contributed by atoms with Crippen LogP contribution in [0.3, 0.4) is 0 Å². The van der Waals surface area contributed by atoms with Crippen LogP contribution in [0.4, 0.5) is 0 Å². The lowest BCUT2D eigenvalue weighted by Gasteiger charge is -2.26. The fourth-order valence-electron chi connectivity index (χ4n) is 3.52. The first-order chi connectivity index (χ1) is 9.67. The highest BCUT2D eigenvalue weighted by atomic mass is 16.2. The Bertz CT molecular complexity index is 498. The normalized spacial score (nSPS) is 29.2. The van der Waals surface area contributed by atoms with Crippen molar-refractivity contribution >= 4 is 5.91 Å². The van der Waals surface area contributed by atoms with Crippen LogP contribution in [-0.2, 0) is 17.8 Å². The molecule has 110 valence electrons. The molecule has 6 heteroatoms. The molecule has 0 radical (unpaired) electrons. The van der Waals surface area contributed by atoms with Gasteiger partial charge in [-0.3, -0.25) is 4.79 Å². The maximum absolute atomic E-state index is 12.4. The van der Waals surface area contributed by atoms with Gasteiger partial charge in [-0.25, -0.2) is 9.67 Å². The van der Waals surface area contributed by atoms with Crippen molar-refractivity contribution in [2.75, 3.05) is 6.54 Å². The molecule has 0 saturated heterocycles. The second-order valence-electron chi connectivity index (χ2n) is 6.03. The number of hydrogen-bond donors (Lipinski definition) is 2. The minimum Gasteiger partial charge on any atom is -0.351 e. The Morgan fingerprint density at radius 2 is 2.30 bits per heavy atom. The third-order valence-corrected chi connectivity index (χ3v) is 4.61. The molecule has 1 unspecified atom stereocenters. The number of hydrogen-bond acceptors (Lipinski definition) is 4. The molecule has 1 saturated carbocycles. The number of nitrogens with two attached hydrogens (primary N) is 1. The SMILES string of the molecule is Cc1nc2n(n1)CC(NC(=O)[C@@H]1CCC[C@@H]1CN)CC2. The van der Waals surface area contributed by atoms with Crippen LogP contribution in [0.5, 0.6) is 0 Å². The van der Waals surface area contributed by atoms with Gasteiger partial charge in [0.1, 0.15) is 11.6 Å². The zero-order chi connectivity index (χ0) is 14.1. The van der Waals surface area contributed by atoms with Crippen LogP contribution in [0.15, 0.2) is 0 Å². The highest BCUT2D eigenvalue weighted by Gasteiger charge is 2.33. The average molecular weight is 277 g/mol. The van der Waals surface area contributed by atoms with Gasteiger partial charge >= 0.3 is 0 Å². The van der Waals surface area contributed by atoms with Crippen LogP contribution in [0.2, 0.25) is 0 Å². The van der Waals surface area contributed by atoms with Gasteiger partial charge in [-0.15, -0.1) is 0 Å². The second-order valence-corrected chi connectivity index (χ2v) is 6.03. The summed E-state index contributed by atoms with van der Waals surface area (Å²) in [6, 6.07) is 0.176. The van der Waals surface area contributed by atoms with Gasteiger partial charge in [0.05, 0.1) is 6.54 Å². The summed E-state index contributed by atoms with van der Waals surface area (Å²) < 4.78 is 1.93. The van der Waals surface area contributed by atoms with Crippen molar-refractivity contribution in [3.05, 3.63) is 11.6 Å². The summed E-state index contributed by atoms with van der Waals surface area (Å²) in [6.45, 7) is 3.26. The van der Waals surface area contributed by atoms with Crippen LogP contribution < -0.4 is 11.1 Å². The van der Waals surface area contributed by atoms with Crippen molar-refractivity contribution in [2.45, 2.75) is 51.6 Å². The first-order valence-electron chi connectivity index (χ1n) is 7.58. The summed E-state index contributed by atoms with van der Waals surface area (Å²) in [6.07, 6.45) is 5.03. The van der Waals surface area contributed by atoms with E-state index >= 15 is 0 Å². The number of nitrogens with zero attached hydrogens (tertiary/aromatic N) is 3. The third-order valence-electron chi connectivity index (χ3n) is 4.61. The second kappa shape index (κ2) is 5.52. The number of aromatic nitrogens is 3. The number of fused-ring (bicyclic) bond motifs is 1. The summed E-state index contributed by atoms with van der Waals surface area (Å²) in [5, 5.41) is 7.56. The fraction of sp³-hybridized carbons (Fsp3) is 0.786. The number of carbonyl (C=O) groups is 1. The maximum Gasteiger partial charge on any atom is 0.223 e. The van der Waals surface area contributed by atoms with E-state index in [2.05, 4.69) is 15.4 Å². The molecule has 3 N–H and O–H groups in total. The van der Waals surface area contributed by atoms with Crippen LogP contribution in [0, 0.1) is 18.8 Å². The molecular formula is C14H23N5O. The Kier molecular flexibility index (Phi) is 3.74. The summed E-state index contributed by atoms with van der Waals surface area (Å²) >= 11 is 0. The van der Waals surface area contributed by atoms with Crippen LogP contribution in [-0.4, -0.2) is 33.3 Å². The fourth-order valence-corrected chi connectivity index (χ4v) is 3.52. The molecule has 1 fully saturated rings. The van der Waals surface area contributed by atoms with Gasteiger partial charge in [-0.2, -0.15) is 5.10 Å². The molecule has 0 spiro atoms. The maximum atomic E-state index is 12.4. The molecule has 1 amide bonds. The van der Waals surface area contributed by atoms with Crippen molar-refractivity contribution in [1.29, 1.82) is 0 Å². The number of aryl methyl sites for hydroxylation is 2. The molecule has 0 aromatic carbocycles. The Morgan fingerprint density at radius 3 is 3.10 bits per heavy atom. The van der Waals surface area contributed by atoms with E-state index in [1.165, 1.54) is 0 Å². The smallest absolute Gasteiger partial charge is 0.223 e. The number of carbonyl (C=O) groups excluding carboxylic acids is 1. The molecule has 1 aliphatic heterocycles. The molecule has 6 nitrogen and oxygen atoms in total. The molecule has 1 aliphatic carbocycles. The van der Waals surface area contributed by atoms with E-state index in [1.807, 2.05) is 11.6 Å². The minimum atomic E-state index is 0.110. The molecule has 3 atom stereocenters. The van der Waals surface area contributed by atoms with Gasteiger partial charge in [0.25, 0.3) is 0 Å². The van der Waals surface area contributed by atoms with Gasteiger partial charge in [-0.1, -0.05) is 6.42 Å². The molecule has 2 aliphatic rings. The van der Waals surface area contributed by atoms with Gasteiger partial charge in [0.15, 0.2) is 0 Å². The molecule has 20 heavy (non-hydrogen) atoms. The van der Waals surface area contributed by atoms with Crippen LogP contribution in [0.1, 0.15) is 37.3 Å². The number of amides is 1. The lowest BCUT2D eigenvalue weighted by Crippen LogP contribution is -2.45. The van der Waals surface area contributed by atoms with E-state index in [4.69, 9.17) is 5.73 Å². The van der Waals surface area contributed by atoms with E-state index in [0.29, 0.717) is 12.5 Å². The zero-order valence-corrected chi connectivity index (χ0v) is 12.0. The van der Waals surface area contributed by atoms with E-state index in [-0.39, 0.29) is 17.9 Å². The predicted molar refractivity (Wildman–Crippen MR) is 74.9 cm³/mol. The minimum absolute atomic E-state index is 0.110. The van der Waals surface area contributed by atoms with Gasteiger partial charge in [0, 0.05) is 18.4 Å². The lowest BCUT2D eigenvalue weighted by atomic mass is 9.94. The van der Waals surface area contributed by atoms with E-state index in [0.717, 1.165) is 50.3 Å². The molecule has 3 rings (SSSR count). The highest BCUT2D eigenvalue weighted by Crippen LogP contribution is 2.31. The molecule has 0 bridgehead atoms. The van der Waals surface area contributed by atoms with Gasteiger partial charge in [-0.05, 0) is 38.6 Å². The third kappa shape index (κ3) is 2.57. The standard InChI is InChI=1S/C14H23N5O/c1-9-16-13-6-5-11(8-19(13)18-9)17-14(20)12-4-2-3-10(12)7-15/h10-12H,2-8,15H2,1H3,(H,17,20)/t10-,11?,12-/m1/s1. The monoisotopic (exact) mass is 277 g/mol. The summed E-state index contributed by atoms with van der Waals surface area (Å²) in [4.78, 5) is 16.8. The lowest BCUT2D eigenvalue weighted by molar-refractivity contribution is -0.126. The van der Waals surface area contributed by atoms with Gasteiger partial charge < -0.3 is 11.1 Å². The Hall–Kier alpha value is -1.43. The van der Waals surface area contributed by atoms with Crippen molar-refractivity contribution in [3.63, 3.8) is 0 Å². The predicted octanol–water partition coefficient (Wildman–Crippen LogP) is 0.393. The van der Waals surface area contributed by atoms with Crippen LogP contribution in [0.25, 0.3) is 0 Å². The van der Waals surface area contributed by atoms with Crippen molar-refractivity contribution in [3.8, 4) is 0 Å². The summed E-state index contributed by atoms with van der Waals surface area (Å²) in [5.41, 5.74) is 5.76. The van der Waals surface area contributed by atoms with E-state index < -0.39 is 0 Å². The Morgan fingerprint density at radius 1 is 1.45 bits per heavy atom. The number of rotatable bonds is 3. The van der Waals surface area contributed by atoms with Crippen molar-refractivity contribution in [2.24, 2.45) is 17.6 Å². The average Bonchev–Trinajstić information content (AvgIpc) is 3.02. The molecular weight excluding hydrogens is 254 g/mol. The Balaban J connectivity index is 1.60.